The third-order valence-electron chi connectivity index (χ3n) is 3.95. The molecule has 92 valence electrons. The van der Waals surface area contributed by atoms with E-state index >= 15 is 0 Å². The van der Waals surface area contributed by atoms with Crippen molar-refractivity contribution in [2.75, 3.05) is 6.54 Å². The van der Waals surface area contributed by atoms with Crippen molar-refractivity contribution in [3.8, 4) is 0 Å². The maximum Gasteiger partial charge on any atom is 0.240 e. The Balaban J connectivity index is 1.83. The Morgan fingerprint density at radius 1 is 1.12 bits per heavy atom. The molecule has 0 radical (unpaired) electrons. The van der Waals surface area contributed by atoms with Gasteiger partial charge in [0.05, 0.1) is 0 Å². The standard InChI is InChI=1S/C13H19N2OP/c16-17(12-7-2-1-3-8-12)14-10-11-6-4-5-9-13(11)15-17/h1-3,7-8,11,13H,4-6,9-10H2,(H2,14,15,16)/t11-,13-,17?/m1/s1. The molecule has 1 aromatic rings. The number of hydrogen-bond acceptors (Lipinski definition) is 1. The molecule has 1 saturated carbocycles. The maximum absolute atomic E-state index is 12.9. The van der Waals surface area contributed by atoms with Gasteiger partial charge in [-0.3, -0.25) is 9.65 Å². The number of hydrogen-bond donors (Lipinski definition) is 2. The molecular weight excluding hydrogens is 231 g/mol. The minimum absolute atomic E-state index is 0.441. The summed E-state index contributed by atoms with van der Waals surface area (Å²) in [5.41, 5.74) is 0. The van der Waals surface area contributed by atoms with Crippen LogP contribution < -0.4 is 15.5 Å². The van der Waals surface area contributed by atoms with Crippen LogP contribution in [0.15, 0.2) is 30.3 Å². The van der Waals surface area contributed by atoms with E-state index in [0.29, 0.717) is 12.0 Å². The molecule has 1 heterocycles. The van der Waals surface area contributed by atoms with E-state index in [0.717, 1.165) is 11.8 Å². The number of fused-ring (bicyclic) bond motifs is 1. The van der Waals surface area contributed by atoms with E-state index < -0.39 is 7.44 Å². The van der Waals surface area contributed by atoms with Crippen LogP contribution >= 0.6 is 7.44 Å². The average Bonchev–Trinajstić information content (AvgIpc) is 2.40. The molecule has 0 amide bonds. The highest BCUT2D eigenvalue weighted by Gasteiger charge is 2.38. The molecule has 2 fully saturated rings. The Morgan fingerprint density at radius 2 is 1.88 bits per heavy atom. The van der Waals surface area contributed by atoms with Gasteiger partial charge in [-0.2, -0.15) is 0 Å². The van der Waals surface area contributed by atoms with E-state index in [4.69, 9.17) is 0 Å². The van der Waals surface area contributed by atoms with Gasteiger partial charge < -0.3 is 0 Å². The molecule has 3 nitrogen and oxygen atoms in total. The summed E-state index contributed by atoms with van der Waals surface area (Å²) >= 11 is 0. The molecule has 1 aliphatic carbocycles. The highest BCUT2D eigenvalue weighted by atomic mass is 31.2. The van der Waals surface area contributed by atoms with Gasteiger partial charge in [-0.05, 0) is 30.9 Å². The normalized spacial score (nSPS) is 37.4. The van der Waals surface area contributed by atoms with Crippen molar-refractivity contribution in [2.24, 2.45) is 5.92 Å². The third kappa shape index (κ3) is 2.20. The largest absolute Gasteiger partial charge is 0.284 e. The molecular formula is C13H19N2OP. The molecule has 1 aromatic carbocycles. The van der Waals surface area contributed by atoms with Crippen molar-refractivity contribution in [1.29, 1.82) is 0 Å². The molecule has 3 rings (SSSR count). The SMILES string of the molecule is O=P1(c2ccccc2)NC[C@H]2CCCC[C@H]2N1. The Morgan fingerprint density at radius 3 is 2.71 bits per heavy atom. The highest BCUT2D eigenvalue weighted by Crippen LogP contribution is 2.42. The van der Waals surface area contributed by atoms with E-state index in [-0.39, 0.29) is 0 Å². The smallest absolute Gasteiger partial charge is 0.240 e. The Labute approximate surface area is 102 Å². The summed E-state index contributed by atoms with van der Waals surface area (Å²) in [5, 5.41) is 7.55. The van der Waals surface area contributed by atoms with Crippen molar-refractivity contribution in [3.63, 3.8) is 0 Å². The van der Waals surface area contributed by atoms with E-state index in [2.05, 4.69) is 10.2 Å². The quantitative estimate of drug-likeness (QED) is 0.751. The summed E-state index contributed by atoms with van der Waals surface area (Å²) < 4.78 is 12.9. The summed E-state index contributed by atoms with van der Waals surface area (Å²) in [6.45, 7) is 0.893. The molecule has 0 aromatic heterocycles. The third-order valence-corrected chi connectivity index (χ3v) is 6.30. The summed E-state index contributed by atoms with van der Waals surface area (Å²) in [5.74, 6) is 0.662. The first kappa shape index (κ1) is 11.5. The van der Waals surface area contributed by atoms with Crippen molar-refractivity contribution in [3.05, 3.63) is 30.3 Å². The van der Waals surface area contributed by atoms with Crippen molar-refractivity contribution in [2.45, 2.75) is 31.7 Å². The minimum Gasteiger partial charge on any atom is -0.284 e. The molecule has 17 heavy (non-hydrogen) atoms. The fourth-order valence-electron chi connectivity index (χ4n) is 2.95. The van der Waals surface area contributed by atoms with Crippen LogP contribution in [0.25, 0.3) is 0 Å². The van der Waals surface area contributed by atoms with Crippen LogP contribution in [0, 0.1) is 5.92 Å². The maximum atomic E-state index is 12.9. The van der Waals surface area contributed by atoms with Crippen molar-refractivity contribution >= 4 is 12.7 Å². The highest BCUT2D eigenvalue weighted by molar-refractivity contribution is 7.67. The minimum atomic E-state index is -2.56. The summed E-state index contributed by atoms with van der Waals surface area (Å²) in [4.78, 5) is 0. The number of benzene rings is 1. The van der Waals surface area contributed by atoms with Crippen molar-refractivity contribution < 1.29 is 4.57 Å². The van der Waals surface area contributed by atoms with Crippen LogP contribution in [0.1, 0.15) is 25.7 Å². The monoisotopic (exact) mass is 250 g/mol. The Bertz CT molecular complexity index is 434. The van der Waals surface area contributed by atoms with E-state index in [1.54, 1.807) is 0 Å². The average molecular weight is 250 g/mol. The molecule has 1 saturated heterocycles. The molecule has 0 spiro atoms. The zero-order chi connectivity index (χ0) is 11.7. The molecule has 0 bridgehead atoms. The van der Waals surface area contributed by atoms with E-state index in [1.165, 1.54) is 25.7 Å². The molecule has 2 aliphatic rings. The van der Waals surface area contributed by atoms with Crippen LogP contribution in [0.4, 0.5) is 0 Å². The second-order valence-corrected chi connectivity index (χ2v) is 7.40. The van der Waals surface area contributed by atoms with Gasteiger partial charge in [-0.25, -0.2) is 5.09 Å². The van der Waals surface area contributed by atoms with Gasteiger partial charge in [0.1, 0.15) is 0 Å². The lowest BCUT2D eigenvalue weighted by molar-refractivity contribution is 0.273. The van der Waals surface area contributed by atoms with Gasteiger partial charge in [-0.15, -0.1) is 0 Å². The van der Waals surface area contributed by atoms with Crippen LogP contribution in [0.5, 0.6) is 0 Å². The molecule has 3 atom stereocenters. The molecule has 2 N–H and O–H groups in total. The van der Waals surface area contributed by atoms with E-state index in [9.17, 15) is 4.57 Å². The predicted octanol–water partition coefficient (Wildman–Crippen LogP) is 2.26. The molecule has 1 aliphatic heterocycles. The van der Waals surface area contributed by atoms with Gasteiger partial charge in [0, 0.05) is 17.9 Å². The van der Waals surface area contributed by atoms with Crippen LogP contribution in [0.3, 0.4) is 0 Å². The predicted molar refractivity (Wildman–Crippen MR) is 70.6 cm³/mol. The Kier molecular flexibility index (Phi) is 3.08. The first-order valence-electron chi connectivity index (χ1n) is 6.46. The van der Waals surface area contributed by atoms with Gasteiger partial charge >= 0.3 is 0 Å². The summed E-state index contributed by atoms with van der Waals surface area (Å²) in [7, 11) is -2.56. The van der Waals surface area contributed by atoms with Gasteiger partial charge in [0.25, 0.3) is 0 Å². The Hall–Kier alpha value is -0.630. The second-order valence-electron chi connectivity index (χ2n) is 5.09. The zero-order valence-corrected chi connectivity index (χ0v) is 10.8. The van der Waals surface area contributed by atoms with Gasteiger partial charge in [0.15, 0.2) is 0 Å². The summed E-state index contributed by atoms with van der Waals surface area (Å²) in [6.07, 6.45) is 5.02. The number of rotatable bonds is 1. The van der Waals surface area contributed by atoms with Crippen molar-refractivity contribution in [1.82, 2.24) is 10.2 Å². The second kappa shape index (κ2) is 4.56. The summed E-state index contributed by atoms with van der Waals surface area (Å²) in [6, 6.07) is 10.2. The van der Waals surface area contributed by atoms with Crippen LogP contribution in [0.2, 0.25) is 0 Å². The fourth-order valence-corrected chi connectivity index (χ4v) is 5.26. The van der Waals surface area contributed by atoms with Gasteiger partial charge in [-0.1, -0.05) is 31.0 Å². The zero-order valence-electron chi connectivity index (χ0n) is 9.93. The van der Waals surface area contributed by atoms with Crippen LogP contribution in [-0.2, 0) is 4.57 Å². The van der Waals surface area contributed by atoms with Crippen LogP contribution in [-0.4, -0.2) is 12.6 Å². The lowest BCUT2D eigenvalue weighted by atomic mass is 9.85. The van der Waals surface area contributed by atoms with Gasteiger partial charge in [0.2, 0.25) is 7.44 Å². The first-order chi connectivity index (χ1) is 8.28. The topological polar surface area (TPSA) is 41.1 Å². The molecule has 1 unspecified atom stereocenters. The lowest BCUT2D eigenvalue weighted by Crippen LogP contribution is -2.50. The number of nitrogens with one attached hydrogen (secondary N) is 2. The first-order valence-corrected chi connectivity index (χ1v) is 8.17. The lowest BCUT2D eigenvalue weighted by Gasteiger charge is -2.40. The fraction of sp³-hybridized carbons (Fsp3) is 0.538. The molecule has 4 heteroatoms. The van der Waals surface area contributed by atoms with E-state index in [1.807, 2.05) is 30.3 Å².